The minimum absolute atomic E-state index is 0.175. The monoisotopic (exact) mass is 333 g/mol. The summed E-state index contributed by atoms with van der Waals surface area (Å²) >= 11 is 0. The van der Waals surface area contributed by atoms with Crippen LogP contribution in [-0.2, 0) is 6.42 Å². The highest BCUT2D eigenvalue weighted by molar-refractivity contribution is 6.04. The lowest BCUT2D eigenvalue weighted by atomic mass is 10.1. The van der Waals surface area contributed by atoms with Crippen LogP contribution in [0.5, 0.6) is 0 Å². The van der Waals surface area contributed by atoms with E-state index in [-0.39, 0.29) is 11.5 Å². The van der Waals surface area contributed by atoms with Crippen LogP contribution in [0.3, 0.4) is 0 Å². The van der Waals surface area contributed by atoms with Gasteiger partial charge in [0.2, 0.25) is 0 Å². The van der Waals surface area contributed by atoms with Gasteiger partial charge in [0.25, 0.3) is 11.5 Å². The van der Waals surface area contributed by atoms with Gasteiger partial charge in [0, 0.05) is 28.6 Å². The quantitative estimate of drug-likeness (QED) is 0.766. The summed E-state index contributed by atoms with van der Waals surface area (Å²) in [5.41, 5.74) is 3.61. The highest BCUT2D eigenvalue weighted by Gasteiger charge is 2.08. The Morgan fingerprint density at radius 2 is 1.88 bits per heavy atom. The van der Waals surface area contributed by atoms with Gasteiger partial charge in [-0.2, -0.15) is 0 Å². The molecule has 2 aromatic carbocycles. The molecule has 0 aliphatic carbocycles. The standard InChI is InChI=1S/C20H19N3O2/c1-3-14-7-9-15(10-8-14)20(25)22-17-6-4-5-16(12-17)19-21-13(2)11-18(24)23-19/h4-12H,3H2,1-2H3,(H,22,25)(H,21,23,24). The van der Waals surface area contributed by atoms with E-state index in [0.29, 0.717) is 22.8 Å². The van der Waals surface area contributed by atoms with Gasteiger partial charge >= 0.3 is 0 Å². The number of nitrogens with zero attached hydrogens (tertiary/aromatic N) is 1. The molecule has 0 unspecified atom stereocenters. The van der Waals surface area contributed by atoms with Gasteiger partial charge in [0.15, 0.2) is 0 Å². The molecule has 0 bridgehead atoms. The zero-order chi connectivity index (χ0) is 17.8. The molecule has 5 nitrogen and oxygen atoms in total. The van der Waals surface area contributed by atoms with Gasteiger partial charge in [0.1, 0.15) is 5.82 Å². The molecule has 5 heteroatoms. The number of H-pyrrole nitrogens is 1. The number of aryl methyl sites for hydroxylation is 2. The predicted octanol–water partition coefficient (Wildman–Crippen LogP) is 3.56. The van der Waals surface area contributed by atoms with E-state index >= 15 is 0 Å². The first-order valence-corrected chi connectivity index (χ1v) is 8.14. The number of anilines is 1. The van der Waals surface area contributed by atoms with Gasteiger partial charge in [0.05, 0.1) is 0 Å². The molecule has 0 fully saturated rings. The topological polar surface area (TPSA) is 74.8 Å². The van der Waals surface area contributed by atoms with Crippen LogP contribution in [0.4, 0.5) is 5.69 Å². The molecule has 0 spiro atoms. The normalized spacial score (nSPS) is 10.5. The zero-order valence-corrected chi connectivity index (χ0v) is 14.2. The molecule has 2 N–H and O–H groups in total. The first-order chi connectivity index (χ1) is 12.0. The van der Waals surface area contributed by atoms with Crippen molar-refractivity contribution < 1.29 is 4.79 Å². The first-order valence-electron chi connectivity index (χ1n) is 8.14. The van der Waals surface area contributed by atoms with Crippen molar-refractivity contribution in [1.82, 2.24) is 9.97 Å². The van der Waals surface area contributed by atoms with Crippen molar-refractivity contribution >= 4 is 11.6 Å². The Hall–Kier alpha value is -3.21. The Morgan fingerprint density at radius 1 is 1.12 bits per heavy atom. The smallest absolute Gasteiger partial charge is 0.255 e. The fraction of sp³-hybridized carbons (Fsp3) is 0.150. The molecule has 0 aliphatic heterocycles. The summed E-state index contributed by atoms with van der Waals surface area (Å²) in [6, 6.07) is 16.2. The molecule has 0 aliphatic rings. The van der Waals surface area contributed by atoms with Crippen molar-refractivity contribution in [2.45, 2.75) is 20.3 Å². The molecule has 1 aromatic heterocycles. The van der Waals surface area contributed by atoms with Crippen LogP contribution in [0.2, 0.25) is 0 Å². The Kier molecular flexibility index (Phi) is 4.75. The van der Waals surface area contributed by atoms with E-state index in [1.54, 1.807) is 19.1 Å². The first kappa shape index (κ1) is 16.6. The average molecular weight is 333 g/mol. The summed E-state index contributed by atoms with van der Waals surface area (Å²) < 4.78 is 0. The Morgan fingerprint density at radius 3 is 2.56 bits per heavy atom. The summed E-state index contributed by atoms with van der Waals surface area (Å²) in [4.78, 5) is 31.0. The average Bonchev–Trinajstić information content (AvgIpc) is 2.61. The third-order valence-electron chi connectivity index (χ3n) is 3.89. The lowest BCUT2D eigenvalue weighted by Gasteiger charge is -2.08. The number of aromatic amines is 1. The van der Waals surface area contributed by atoms with E-state index in [2.05, 4.69) is 22.2 Å². The number of benzene rings is 2. The predicted molar refractivity (Wildman–Crippen MR) is 98.8 cm³/mol. The number of hydrogen-bond acceptors (Lipinski definition) is 3. The van der Waals surface area contributed by atoms with Crippen LogP contribution >= 0.6 is 0 Å². The lowest BCUT2D eigenvalue weighted by Crippen LogP contribution is -2.12. The van der Waals surface area contributed by atoms with Crippen molar-refractivity contribution in [3.8, 4) is 11.4 Å². The van der Waals surface area contributed by atoms with Crippen LogP contribution in [0.1, 0.15) is 28.5 Å². The van der Waals surface area contributed by atoms with Gasteiger partial charge in [-0.05, 0) is 43.2 Å². The Balaban J connectivity index is 1.83. The highest BCUT2D eigenvalue weighted by Crippen LogP contribution is 2.19. The summed E-state index contributed by atoms with van der Waals surface area (Å²) in [7, 11) is 0. The molecule has 1 amide bonds. The third kappa shape index (κ3) is 4.01. The number of aromatic nitrogens is 2. The Labute approximate surface area is 145 Å². The van der Waals surface area contributed by atoms with Crippen LogP contribution in [0.25, 0.3) is 11.4 Å². The van der Waals surface area contributed by atoms with E-state index in [9.17, 15) is 9.59 Å². The van der Waals surface area contributed by atoms with E-state index in [1.165, 1.54) is 11.6 Å². The molecule has 0 saturated heterocycles. The summed E-state index contributed by atoms with van der Waals surface area (Å²) in [6.45, 7) is 3.84. The van der Waals surface area contributed by atoms with E-state index < -0.39 is 0 Å². The van der Waals surface area contributed by atoms with Crippen molar-refractivity contribution in [2.75, 3.05) is 5.32 Å². The summed E-state index contributed by atoms with van der Waals surface area (Å²) in [6.07, 6.45) is 0.936. The highest BCUT2D eigenvalue weighted by atomic mass is 16.1. The Bertz CT molecular complexity index is 959. The number of amides is 1. The largest absolute Gasteiger partial charge is 0.322 e. The maximum atomic E-state index is 12.4. The molecule has 0 atom stereocenters. The van der Waals surface area contributed by atoms with Gasteiger partial charge < -0.3 is 10.3 Å². The second kappa shape index (κ2) is 7.13. The molecule has 1 heterocycles. The van der Waals surface area contributed by atoms with Crippen LogP contribution in [0, 0.1) is 6.92 Å². The molecule has 25 heavy (non-hydrogen) atoms. The molecular weight excluding hydrogens is 314 g/mol. The van der Waals surface area contributed by atoms with Crippen molar-refractivity contribution in [1.29, 1.82) is 0 Å². The minimum Gasteiger partial charge on any atom is -0.322 e. The van der Waals surface area contributed by atoms with E-state index in [0.717, 1.165) is 12.0 Å². The van der Waals surface area contributed by atoms with Crippen molar-refractivity contribution in [3.63, 3.8) is 0 Å². The van der Waals surface area contributed by atoms with Gasteiger partial charge in [-0.1, -0.05) is 31.2 Å². The van der Waals surface area contributed by atoms with Crippen molar-refractivity contribution in [3.05, 3.63) is 81.8 Å². The zero-order valence-electron chi connectivity index (χ0n) is 14.2. The van der Waals surface area contributed by atoms with Gasteiger partial charge in [-0.15, -0.1) is 0 Å². The number of rotatable bonds is 4. The fourth-order valence-corrected chi connectivity index (χ4v) is 2.56. The van der Waals surface area contributed by atoms with Crippen LogP contribution < -0.4 is 10.9 Å². The number of carbonyl (C=O) groups excluding carboxylic acids is 1. The molecule has 0 radical (unpaired) electrons. The second-order valence-corrected chi connectivity index (χ2v) is 5.82. The summed E-state index contributed by atoms with van der Waals surface area (Å²) in [5.74, 6) is 0.305. The molecular formula is C20H19N3O2. The minimum atomic E-state index is -0.201. The maximum absolute atomic E-state index is 12.4. The molecule has 3 rings (SSSR count). The van der Waals surface area contributed by atoms with Gasteiger partial charge in [-0.3, -0.25) is 9.59 Å². The lowest BCUT2D eigenvalue weighted by molar-refractivity contribution is 0.102. The number of nitrogens with one attached hydrogen (secondary N) is 2. The molecule has 3 aromatic rings. The third-order valence-corrected chi connectivity index (χ3v) is 3.89. The number of carbonyl (C=O) groups is 1. The van der Waals surface area contributed by atoms with Crippen LogP contribution in [0.15, 0.2) is 59.4 Å². The fourth-order valence-electron chi connectivity index (χ4n) is 2.56. The second-order valence-electron chi connectivity index (χ2n) is 5.82. The number of hydrogen-bond donors (Lipinski definition) is 2. The summed E-state index contributed by atoms with van der Waals surface area (Å²) in [5, 5.41) is 2.88. The maximum Gasteiger partial charge on any atom is 0.255 e. The SMILES string of the molecule is CCc1ccc(C(=O)Nc2cccc(-c3nc(C)cc(=O)[nH]3)c2)cc1. The van der Waals surface area contributed by atoms with E-state index in [1.807, 2.05) is 36.4 Å². The molecule has 0 saturated carbocycles. The van der Waals surface area contributed by atoms with Gasteiger partial charge in [-0.25, -0.2) is 4.98 Å². The van der Waals surface area contributed by atoms with Crippen molar-refractivity contribution in [2.24, 2.45) is 0 Å². The molecule has 126 valence electrons. The van der Waals surface area contributed by atoms with Crippen LogP contribution in [-0.4, -0.2) is 15.9 Å². The van der Waals surface area contributed by atoms with E-state index in [4.69, 9.17) is 0 Å².